The van der Waals surface area contributed by atoms with Gasteiger partial charge in [-0.1, -0.05) is 0 Å². The summed E-state index contributed by atoms with van der Waals surface area (Å²) in [5.74, 6) is -0.961. The van der Waals surface area contributed by atoms with Gasteiger partial charge in [0, 0.05) is 17.6 Å². The molecule has 2 N–H and O–H groups in total. The Morgan fingerprint density at radius 2 is 1.94 bits per heavy atom. The molecule has 0 bridgehead atoms. The van der Waals surface area contributed by atoms with Crippen molar-refractivity contribution in [2.75, 3.05) is 5.32 Å². The van der Waals surface area contributed by atoms with Crippen LogP contribution in [-0.2, 0) is 0 Å². The zero-order valence-electron chi connectivity index (χ0n) is 9.29. The fourth-order valence-corrected chi connectivity index (χ4v) is 1.43. The number of benzene rings is 1. The van der Waals surface area contributed by atoms with Crippen molar-refractivity contribution in [3.63, 3.8) is 0 Å². The maximum atomic E-state index is 10.7. The number of nitrogens with zero attached hydrogens (tertiary/aromatic N) is 2. The molecule has 0 aliphatic rings. The second-order valence-electron chi connectivity index (χ2n) is 3.55. The van der Waals surface area contributed by atoms with Gasteiger partial charge in [-0.05, 0) is 36.4 Å². The van der Waals surface area contributed by atoms with Crippen molar-refractivity contribution in [1.29, 1.82) is 5.26 Å². The highest BCUT2D eigenvalue weighted by atomic mass is 16.4. The van der Waals surface area contributed by atoms with Gasteiger partial charge in [-0.25, -0.2) is 9.78 Å². The highest BCUT2D eigenvalue weighted by Gasteiger charge is 2.02. The fraction of sp³-hybridized carbons (Fsp3) is 0. The van der Waals surface area contributed by atoms with Gasteiger partial charge in [0.1, 0.15) is 11.8 Å². The van der Waals surface area contributed by atoms with E-state index >= 15 is 0 Å². The average molecular weight is 239 g/mol. The highest BCUT2D eigenvalue weighted by Crippen LogP contribution is 2.17. The highest BCUT2D eigenvalue weighted by molar-refractivity contribution is 5.88. The predicted molar refractivity (Wildman–Crippen MR) is 65.6 cm³/mol. The van der Waals surface area contributed by atoms with E-state index in [4.69, 9.17) is 10.4 Å². The largest absolute Gasteiger partial charge is 0.478 e. The van der Waals surface area contributed by atoms with Crippen molar-refractivity contribution in [2.24, 2.45) is 0 Å². The Hall–Kier alpha value is -2.87. The topological polar surface area (TPSA) is 86.0 Å². The van der Waals surface area contributed by atoms with Crippen LogP contribution in [0.5, 0.6) is 0 Å². The molecular weight excluding hydrogens is 230 g/mol. The Labute approximate surface area is 103 Å². The number of carboxylic acid groups (broad SMARTS) is 1. The van der Waals surface area contributed by atoms with Crippen LogP contribution < -0.4 is 5.32 Å². The summed E-state index contributed by atoms with van der Waals surface area (Å²) in [6.07, 6.45) is 1.53. The molecule has 0 radical (unpaired) electrons. The SMILES string of the molecule is N#Cc1cc(Nc2ccc(C(=O)O)cc2)ccn1. The van der Waals surface area contributed by atoms with Gasteiger partial charge in [-0.2, -0.15) is 5.26 Å². The normalized spacial score (nSPS) is 9.50. The lowest BCUT2D eigenvalue weighted by Crippen LogP contribution is -1.97. The number of aromatic carboxylic acids is 1. The number of anilines is 2. The fourth-order valence-electron chi connectivity index (χ4n) is 1.43. The molecule has 0 spiro atoms. The van der Waals surface area contributed by atoms with Gasteiger partial charge < -0.3 is 10.4 Å². The lowest BCUT2D eigenvalue weighted by molar-refractivity contribution is 0.0697. The molecule has 2 rings (SSSR count). The quantitative estimate of drug-likeness (QED) is 0.858. The number of nitriles is 1. The summed E-state index contributed by atoms with van der Waals surface area (Å²) in [6, 6.07) is 11.6. The zero-order valence-corrected chi connectivity index (χ0v) is 9.29. The van der Waals surface area contributed by atoms with Crippen molar-refractivity contribution >= 4 is 17.3 Å². The number of hydrogen-bond donors (Lipinski definition) is 2. The van der Waals surface area contributed by atoms with E-state index in [1.807, 2.05) is 6.07 Å². The van der Waals surface area contributed by atoms with Gasteiger partial charge in [0.25, 0.3) is 0 Å². The molecule has 1 heterocycles. The molecule has 0 aliphatic heterocycles. The van der Waals surface area contributed by atoms with E-state index in [1.165, 1.54) is 18.3 Å². The Morgan fingerprint density at radius 3 is 2.56 bits per heavy atom. The van der Waals surface area contributed by atoms with Crippen LogP contribution in [0.15, 0.2) is 42.6 Å². The average Bonchev–Trinajstić information content (AvgIpc) is 2.39. The molecule has 5 heteroatoms. The molecule has 0 unspecified atom stereocenters. The van der Waals surface area contributed by atoms with Crippen molar-refractivity contribution < 1.29 is 9.90 Å². The first-order chi connectivity index (χ1) is 8.69. The Balaban J connectivity index is 2.18. The Morgan fingerprint density at radius 1 is 1.22 bits per heavy atom. The van der Waals surface area contributed by atoms with Gasteiger partial charge in [-0.15, -0.1) is 0 Å². The molecule has 0 atom stereocenters. The third-order valence-corrected chi connectivity index (χ3v) is 2.30. The van der Waals surface area contributed by atoms with Crippen LogP contribution in [0.25, 0.3) is 0 Å². The molecule has 0 saturated carbocycles. The lowest BCUT2D eigenvalue weighted by Gasteiger charge is -2.06. The van der Waals surface area contributed by atoms with Crippen LogP contribution in [-0.4, -0.2) is 16.1 Å². The van der Waals surface area contributed by atoms with E-state index in [1.54, 1.807) is 24.3 Å². The van der Waals surface area contributed by atoms with E-state index in [-0.39, 0.29) is 5.56 Å². The lowest BCUT2D eigenvalue weighted by atomic mass is 10.2. The molecule has 1 aromatic heterocycles. The molecule has 0 aliphatic carbocycles. The van der Waals surface area contributed by atoms with Crippen molar-refractivity contribution in [3.8, 4) is 6.07 Å². The van der Waals surface area contributed by atoms with E-state index in [9.17, 15) is 4.79 Å². The minimum Gasteiger partial charge on any atom is -0.478 e. The number of carbonyl (C=O) groups is 1. The van der Waals surface area contributed by atoms with Crippen LogP contribution in [0.4, 0.5) is 11.4 Å². The Kier molecular flexibility index (Phi) is 3.21. The molecule has 5 nitrogen and oxygen atoms in total. The maximum Gasteiger partial charge on any atom is 0.335 e. The first-order valence-corrected chi connectivity index (χ1v) is 5.15. The van der Waals surface area contributed by atoms with Crippen molar-refractivity contribution in [3.05, 3.63) is 53.9 Å². The van der Waals surface area contributed by atoms with Crippen molar-refractivity contribution in [1.82, 2.24) is 4.98 Å². The third-order valence-electron chi connectivity index (χ3n) is 2.30. The molecule has 18 heavy (non-hydrogen) atoms. The number of nitrogens with one attached hydrogen (secondary N) is 1. The number of aromatic nitrogens is 1. The van der Waals surface area contributed by atoms with Crippen molar-refractivity contribution in [2.45, 2.75) is 0 Å². The molecule has 0 saturated heterocycles. The first kappa shape index (κ1) is 11.6. The van der Waals surface area contributed by atoms with Gasteiger partial charge >= 0.3 is 5.97 Å². The number of hydrogen-bond acceptors (Lipinski definition) is 4. The molecular formula is C13H9N3O2. The second kappa shape index (κ2) is 4.97. The molecule has 1 aromatic carbocycles. The minimum absolute atomic E-state index is 0.230. The van der Waals surface area contributed by atoms with E-state index in [0.29, 0.717) is 5.69 Å². The van der Waals surface area contributed by atoms with E-state index in [2.05, 4.69) is 10.3 Å². The maximum absolute atomic E-state index is 10.7. The zero-order chi connectivity index (χ0) is 13.0. The minimum atomic E-state index is -0.961. The van der Waals surface area contributed by atoms with Crippen LogP contribution in [0.3, 0.4) is 0 Å². The van der Waals surface area contributed by atoms with E-state index < -0.39 is 5.97 Å². The summed E-state index contributed by atoms with van der Waals surface area (Å²) >= 11 is 0. The molecule has 0 amide bonds. The monoisotopic (exact) mass is 239 g/mol. The van der Waals surface area contributed by atoms with Gasteiger partial charge in [0.05, 0.1) is 5.56 Å². The summed E-state index contributed by atoms with van der Waals surface area (Å²) < 4.78 is 0. The number of pyridine rings is 1. The summed E-state index contributed by atoms with van der Waals surface area (Å²) in [6.45, 7) is 0. The van der Waals surface area contributed by atoms with Crippen LogP contribution >= 0.6 is 0 Å². The van der Waals surface area contributed by atoms with Gasteiger partial charge in [0.15, 0.2) is 0 Å². The smallest absolute Gasteiger partial charge is 0.335 e. The Bertz CT molecular complexity index is 615. The number of rotatable bonds is 3. The molecule has 2 aromatic rings. The van der Waals surface area contributed by atoms with Crippen LogP contribution in [0.1, 0.15) is 16.1 Å². The molecule has 0 fully saturated rings. The predicted octanol–water partition coefficient (Wildman–Crippen LogP) is 2.40. The van der Waals surface area contributed by atoms with E-state index in [0.717, 1.165) is 11.4 Å². The standard InChI is InChI=1S/C13H9N3O2/c14-8-12-7-11(5-6-15-12)16-10-3-1-9(2-4-10)13(17)18/h1-7H,(H,15,16)(H,17,18). The first-order valence-electron chi connectivity index (χ1n) is 5.15. The second-order valence-corrected chi connectivity index (χ2v) is 3.55. The summed E-state index contributed by atoms with van der Waals surface area (Å²) in [7, 11) is 0. The number of carboxylic acids is 1. The van der Waals surface area contributed by atoms with Crippen LogP contribution in [0.2, 0.25) is 0 Å². The summed E-state index contributed by atoms with van der Waals surface area (Å²) in [5.41, 5.74) is 2.02. The summed E-state index contributed by atoms with van der Waals surface area (Å²) in [4.78, 5) is 14.5. The molecule has 88 valence electrons. The van der Waals surface area contributed by atoms with Gasteiger partial charge in [-0.3, -0.25) is 0 Å². The summed E-state index contributed by atoms with van der Waals surface area (Å²) in [5, 5.41) is 20.5. The van der Waals surface area contributed by atoms with Crippen LogP contribution in [0, 0.1) is 11.3 Å². The third kappa shape index (κ3) is 2.62. The van der Waals surface area contributed by atoms with Gasteiger partial charge in [0.2, 0.25) is 0 Å².